The number of benzene rings is 1. The van der Waals surface area contributed by atoms with Gasteiger partial charge in [0.15, 0.2) is 0 Å². The van der Waals surface area contributed by atoms with E-state index in [9.17, 15) is 9.59 Å². The third-order valence-corrected chi connectivity index (χ3v) is 5.30. The van der Waals surface area contributed by atoms with E-state index in [0.29, 0.717) is 13.0 Å². The summed E-state index contributed by atoms with van der Waals surface area (Å²) in [6.07, 6.45) is 4.09. The molecule has 3 rings (SSSR count). The Labute approximate surface area is 153 Å². The van der Waals surface area contributed by atoms with Crippen LogP contribution in [-0.4, -0.2) is 51.6 Å². The van der Waals surface area contributed by atoms with Crippen molar-refractivity contribution in [2.24, 2.45) is 0 Å². The first kappa shape index (κ1) is 18.5. The van der Waals surface area contributed by atoms with E-state index in [4.69, 9.17) is 5.11 Å². The summed E-state index contributed by atoms with van der Waals surface area (Å²) >= 11 is 0. The molecule has 1 aliphatic carbocycles. The second-order valence-corrected chi connectivity index (χ2v) is 6.98. The van der Waals surface area contributed by atoms with E-state index in [1.165, 1.54) is 0 Å². The number of carbonyl (C=O) groups excluding carboxylic acids is 1. The predicted octanol–water partition coefficient (Wildman–Crippen LogP) is 2.26. The highest BCUT2D eigenvalue weighted by Gasteiger charge is 2.34. The van der Waals surface area contributed by atoms with Gasteiger partial charge in [-0.2, -0.15) is 0 Å². The van der Waals surface area contributed by atoms with E-state index >= 15 is 0 Å². The molecule has 2 aromatic rings. The molecule has 1 aromatic heterocycles. The number of likely N-dealkylation sites (N-methyl/N-ethyl adjacent to an activating group) is 1. The van der Waals surface area contributed by atoms with Crippen LogP contribution >= 0.6 is 0 Å². The second kappa shape index (κ2) is 7.91. The molecule has 1 saturated carbocycles. The lowest BCUT2D eigenvalue weighted by Crippen LogP contribution is -2.55. The van der Waals surface area contributed by atoms with Crippen molar-refractivity contribution in [1.82, 2.24) is 14.8 Å². The van der Waals surface area contributed by atoms with Crippen LogP contribution in [0.15, 0.2) is 30.5 Å². The van der Waals surface area contributed by atoms with Crippen LogP contribution in [0.4, 0.5) is 0 Å². The van der Waals surface area contributed by atoms with E-state index in [2.05, 4.69) is 35.1 Å². The maximum atomic E-state index is 12.5. The number of nitrogens with one attached hydrogen (secondary N) is 1. The van der Waals surface area contributed by atoms with Crippen LogP contribution in [0.2, 0.25) is 0 Å². The maximum absolute atomic E-state index is 12.5. The zero-order valence-corrected chi connectivity index (χ0v) is 15.4. The van der Waals surface area contributed by atoms with Gasteiger partial charge in [-0.05, 0) is 37.9 Å². The van der Waals surface area contributed by atoms with Crippen LogP contribution in [-0.2, 0) is 22.6 Å². The normalized spacial score (nSPS) is 19.5. The van der Waals surface area contributed by atoms with Crippen molar-refractivity contribution in [3.05, 3.63) is 36.0 Å². The largest absolute Gasteiger partial charge is 0.480 e. The van der Waals surface area contributed by atoms with Crippen LogP contribution in [0, 0.1) is 0 Å². The Morgan fingerprint density at radius 3 is 2.65 bits per heavy atom. The lowest BCUT2D eigenvalue weighted by atomic mass is 9.85. The molecule has 1 fully saturated rings. The molecular formula is C20H27N3O3. The topological polar surface area (TPSA) is 74.6 Å². The van der Waals surface area contributed by atoms with E-state index in [0.717, 1.165) is 35.9 Å². The highest BCUT2D eigenvalue weighted by molar-refractivity contribution is 5.89. The molecule has 140 valence electrons. The molecule has 1 amide bonds. The summed E-state index contributed by atoms with van der Waals surface area (Å²) in [5.74, 6) is -0.764. The summed E-state index contributed by atoms with van der Waals surface area (Å²) < 4.78 is 2.17. The molecule has 1 aromatic carbocycles. The zero-order valence-electron chi connectivity index (χ0n) is 15.4. The van der Waals surface area contributed by atoms with Crippen LogP contribution in [0.25, 0.3) is 10.9 Å². The van der Waals surface area contributed by atoms with Gasteiger partial charge >= 0.3 is 5.97 Å². The number of aryl methyl sites for hydroxylation is 1. The predicted molar refractivity (Wildman–Crippen MR) is 101 cm³/mol. The first-order valence-electron chi connectivity index (χ1n) is 9.33. The maximum Gasteiger partial charge on any atom is 0.317 e. The molecule has 0 radical (unpaired) electrons. The summed E-state index contributed by atoms with van der Waals surface area (Å²) in [5.41, 5.74) is 2.21. The SMILES string of the molecule is CCN(CC(=O)O)C1CC(NC(=O)Cc2cn(CC)c3ccccc23)C1. The minimum atomic E-state index is -0.799. The second-order valence-electron chi connectivity index (χ2n) is 6.98. The Hall–Kier alpha value is -2.34. The average Bonchev–Trinajstić information content (AvgIpc) is 2.93. The number of carboxylic acids is 1. The molecule has 6 nitrogen and oxygen atoms in total. The monoisotopic (exact) mass is 357 g/mol. The first-order valence-corrected chi connectivity index (χ1v) is 9.33. The van der Waals surface area contributed by atoms with Crippen LogP contribution in [0.1, 0.15) is 32.3 Å². The van der Waals surface area contributed by atoms with Gasteiger partial charge in [-0.1, -0.05) is 25.1 Å². The average molecular weight is 357 g/mol. The molecule has 0 atom stereocenters. The number of para-hydroxylation sites is 1. The van der Waals surface area contributed by atoms with Crippen molar-refractivity contribution in [2.75, 3.05) is 13.1 Å². The van der Waals surface area contributed by atoms with Gasteiger partial charge in [0, 0.05) is 35.7 Å². The summed E-state index contributed by atoms with van der Waals surface area (Å²) in [6.45, 7) is 5.73. The zero-order chi connectivity index (χ0) is 18.7. The first-order chi connectivity index (χ1) is 12.5. The Morgan fingerprint density at radius 1 is 1.27 bits per heavy atom. The van der Waals surface area contributed by atoms with E-state index in [-0.39, 0.29) is 24.5 Å². The number of hydrogen-bond acceptors (Lipinski definition) is 3. The standard InChI is InChI=1S/C20H27N3O3/c1-3-22(13-20(25)26)16-10-15(11-16)21-19(24)9-14-12-23(4-2)18-8-6-5-7-17(14)18/h5-8,12,15-16H,3-4,9-11,13H2,1-2H3,(H,21,24)(H,25,26). The number of aliphatic carboxylic acids is 1. The van der Waals surface area contributed by atoms with Gasteiger partial charge in [0.25, 0.3) is 0 Å². The number of amides is 1. The van der Waals surface area contributed by atoms with Crippen molar-refractivity contribution in [2.45, 2.75) is 51.7 Å². The van der Waals surface area contributed by atoms with Gasteiger partial charge in [-0.25, -0.2) is 0 Å². The summed E-state index contributed by atoms with van der Waals surface area (Å²) in [4.78, 5) is 25.3. The molecule has 6 heteroatoms. The Balaban J connectivity index is 1.55. The van der Waals surface area contributed by atoms with Crippen LogP contribution in [0.3, 0.4) is 0 Å². The molecule has 26 heavy (non-hydrogen) atoms. The number of nitrogens with zero attached hydrogens (tertiary/aromatic N) is 2. The molecule has 0 unspecified atom stereocenters. The number of aromatic nitrogens is 1. The fraction of sp³-hybridized carbons (Fsp3) is 0.500. The third kappa shape index (κ3) is 3.90. The highest BCUT2D eigenvalue weighted by Crippen LogP contribution is 2.26. The van der Waals surface area contributed by atoms with Crippen LogP contribution in [0.5, 0.6) is 0 Å². The van der Waals surface area contributed by atoms with Crippen molar-refractivity contribution in [3.8, 4) is 0 Å². The van der Waals surface area contributed by atoms with Gasteiger partial charge in [0.1, 0.15) is 0 Å². The molecule has 0 saturated heterocycles. The van der Waals surface area contributed by atoms with Crippen molar-refractivity contribution in [3.63, 3.8) is 0 Å². The fourth-order valence-corrected chi connectivity index (χ4v) is 3.85. The lowest BCUT2D eigenvalue weighted by molar-refractivity contribution is -0.139. The summed E-state index contributed by atoms with van der Waals surface area (Å²) in [6, 6.07) is 8.57. The molecule has 1 heterocycles. The Morgan fingerprint density at radius 2 is 2.00 bits per heavy atom. The van der Waals surface area contributed by atoms with Gasteiger partial charge in [-0.3, -0.25) is 14.5 Å². The van der Waals surface area contributed by atoms with Crippen molar-refractivity contribution < 1.29 is 14.7 Å². The molecular weight excluding hydrogens is 330 g/mol. The smallest absolute Gasteiger partial charge is 0.317 e. The number of hydrogen-bond donors (Lipinski definition) is 2. The minimum Gasteiger partial charge on any atom is -0.480 e. The number of rotatable bonds is 8. The van der Waals surface area contributed by atoms with Gasteiger partial charge in [0.05, 0.1) is 13.0 Å². The molecule has 2 N–H and O–H groups in total. The third-order valence-electron chi connectivity index (χ3n) is 5.30. The van der Waals surface area contributed by atoms with Crippen molar-refractivity contribution >= 4 is 22.8 Å². The van der Waals surface area contributed by atoms with E-state index in [1.54, 1.807) is 0 Å². The highest BCUT2D eigenvalue weighted by atomic mass is 16.4. The molecule has 1 aliphatic rings. The van der Waals surface area contributed by atoms with Gasteiger partial charge in [0.2, 0.25) is 5.91 Å². The number of fused-ring (bicyclic) bond motifs is 1. The van der Waals surface area contributed by atoms with Gasteiger partial charge in [-0.15, -0.1) is 0 Å². The van der Waals surface area contributed by atoms with Crippen molar-refractivity contribution in [1.29, 1.82) is 0 Å². The molecule has 0 bridgehead atoms. The quantitative estimate of drug-likeness (QED) is 0.760. The minimum absolute atomic E-state index is 0.0359. The van der Waals surface area contributed by atoms with Gasteiger partial charge < -0.3 is 15.0 Å². The fourth-order valence-electron chi connectivity index (χ4n) is 3.85. The van der Waals surface area contributed by atoms with E-state index < -0.39 is 5.97 Å². The Kier molecular flexibility index (Phi) is 5.61. The molecule has 0 spiro atoms. The Bertz CT molecular complexity index is 793. The number of carboxylic acid groups (broad SMARTS) is 1. The summed E-state index contributed by atoms with van der Waals surface area (Å²) in [5, 5.41) is 13.2. The molecule has 0 aliphatic heterocycles. The van der Waals surface area contributed by atoms with Crippen LogP contribution < -0.4 is 5.32 Å². The van der Waals surface area contributed by atoms with E-state index in [1.807, 2.05) is 24.0 Å². The number of carbonyl (C=O) groups is 2. The lowest BCUT2D eigenvalue weighted by Gasteiger charge is -2.42. The summed E-state index contributed by atoms with van der Waals surface area (Å²) in [7, 11) is 0.